The Labute approximate surface area is 115 Å². The van der Waals surface area contributed by atoms with E-state index in [9.17, 15) is 4.79 Å². The van der Waals surface area contributed by atoms with Gasteiger partial charge in [-0.05, 0) is 25.7 Å². The van der Waals surface area contributed by atoms with E-state index in [-0.39, 0.29) is 11.9 Å². The predicted molar refractivity (Wildman–Crippen MR) is 73.9 cm³/mol. The second kappa shape index (κ2) is 7.65. The minimum atomic E-state index is -0.0685. The van der Waals surface area contributed by atoms with Gasteiger partial charge in [0.15, 0.2) is 0 Å². The van der Waals surface area contributed by atoms with Crippen molar-refractivity contribution in [1.29, 1.82) is 0 Å². The zero-order valence-corrected chi connectivity index (χ0v) is 11.8. The van der Waals surface area contributed by atoms with Gasteiger partial charge in [-0.25, -0.2) is 0 Å². The van der Waals surface area contributed by atoms with Crippen molar-refractivity contribution in [1.82, 2.24) is 5.32 Å². The first-order valence-corrected chi connectivity index (χ1v) is 7.48. The highest BCUT2D eigenvalue weighted by atomic mass is 16.5. The zero-order chi connectivity index (χ0) is 13.5. The molecule has 1 N–H and O–H groups in total. The lowest BCUT2D eigenvalue weighted by atomic mass is 10.1. The number of rotatable bonds is 6. The fourth-order valence-corrected chi connectivity index (χ4v) is 2.59. The number of ether oxygens (including phenoxy) is 2. The highest BCUT2D eigenvalue weighted by molar-refractivity contribution is 5.75. The molecule has 108 valence electrons. The number of unbranched alkanes of at least 4 members (excludes halogenated alkanes) is 1. The van der Waals surface area contributed by atoms with Gasteiger partial charge in [-0.15, -0.1) is 0 Å². The molecule has 2 aliphatic rings. The Morgan fingerprint density at radius 3 is 2.89 bits per heavy atom. The van der Waals surface area contributed by atoms with Crippen molar-refractivity contribution in [2.24, 2.45) is 5.92 Å². The van der Waals surface area contributed by atoms with E-state index >= 15 is 0 Å². The molecule has 1 fully saturated rings. The molecule has 0 unspecified atom stereocenters. The van der Waals surface area contributed by atoms with Crippen LogP contribution >= 0.6 is 0 Å². The molecular formula is C15H25NO3. The van der Waals surface area contributed by atoms with E-state index < -0.39 is 0 Å². The molecule has 4 heteroatoms. The van der Waals surface area contributed by atoms with Crippen molar-refractivity contribution < 1.29 is 14.3 Å². The van der Waals surface area contributed by atoms with E-state index in [2.05, 4.69) is 18.3 Å². The van der Waals surface area contributed by atoms with E-state index in [1.54, 1.807) is 0 Å². The largest absolute Gasteiger partial charge is 0.465 e. The van der Waals surface area contributed by atoms with Crippen molar-refractivity contribution in [3.63, 3.8) is 0 Å². The summed E-state index contributed by atoms with van der Waals surface area (Å²) in [5, 5.41) is 3.60. The number of carbonyl (C=O) groups is 1. The Bertz CT molecular complexity index is 311. The molecule has 0 saturated carbocycles. The molecule has 1 heterocycles. The fourth-order valence-electron chi connectivity index (χ4n) is 2.59. The average molecular weight is 267 g/mol. The van der Waals surface area contributed by atoms with Crippen LogP contribution in [0.15, 0.2) is 12.2 Å². The molecular weight excluding hydrogens is 242 g/mol. The van der Waals surface area contributed by atoms with Crippen LogP contribution in [0.5, 0.6) is 0 Å². The molecule has 19 heavy (non-hydrogen) atoms. The number of hydrogen-bond donors (Lipinski definition) is 1. The summed E-state index contributed by atoms with van der Waals surface area (Å²) in [5.74, 6) is -0.129. The average Bonchev–Trinajstić information content (AvgIpc) is 2.89. The van der Waals surface area contributed by atoms with Crippen molar-refractivity contribution in [3.8, 4) is 0 Å². The van der Waals surface area contributed by atoms with Gasteiger partial charge in [0.25, 0.3) is 0 Å². The van der Waals surface area contributed by atoms with Crippen LogP contribution in [0.25, 0.3) is 0 Å². The summed E-state index contributed by atoms with van der Waals surface area (Å²) in [6.07, 6.45) is 9.08. The smallest absolute Gasteiger partial charge is 0.312 e. The maximum Gasteiger partial charge on any atom is 0.312 e. The molecule has 1 saturated heterocycles. The summed E-state index contributed by atoms with van der Waals surface area (Å²) in [6.45, 7) is 4.34. The normalized spacial score (nSPS) is 27.6. The summed E-state index contributed by atoms with van der Waals surface area (Å²) >= 11 is 0. The quantitative estimate of drug-likeness (QED) is 0.454. The maximum absolute atomic E-state index is 11.8. The molecule has 2 atom stereocenters. The van der Waals surface area contributed by atoms with Crippen LogP contribution in [0.4, 0.5) is 0 Å². The monoisotopic (exact) mass is 267 g/mol. The molecule has 0 bridgehead atoms. The van der Waals surface area contributed by atoms with Gasteiger partial charge in [0.1, 0.15) is 0 Å². The first-order chi connectivity index (χ1) is 9.29. The van der Waals surface area contributed by atoms with Gasteiger partial charge in [-0.3, -0.25) is 4.79 Å². The molecule has 0 amide bonds. The van der Waals surface area contributed by atoms with Gasteiger partial charge in [-0.1, -0.05) is 25.5 Å². The molecule has 0 aromatic carbocycles. The van der Waals surface area contributed by atoms with Gasteiger partial charge < -0.3 is 14.8 Å². The molecule has 0 spiro atoms. The number of hydrogen-bond acceptors (Lipinski definition) is 4. The maximum atomic E-state index is 11.8. The van der Waals surface area contributed by atoms with Crippen molar-refractivity contribution in [2.45, 2.75) is 51.1 Å². The topological polar surface area (TPSA) is 47.6 Å². The lowest BCUT2D eigenvalue weighted by Crippen LogP contribution is -2.40. The van der Waals surface area contributed by atoms with Crippen LogP contribution in [-0.2, 0) is 14.3 Å². The second-order valence-corrected chi connectivity index (χ2v) is 5.41. The molecule has 2 rings (SSSR count). The number of esters is 1. The lowest BCUT2D eigenvalue weighted by Gasteiger charge is -2.26. The van der Waals surface area contributed by atoms with E-state index in [0.717, 1.165) is 45.3 Å². The Hall–Kier alpha value is -0.870. The zero-order valence-electron chi connectivity index (χ0n) is 11.8. The first-order valence-electron chi connectivity index (χ1n) is 7.48. The van der Waals surface area contributed by atoms with Gasteiger partial charge >= 0.3 is 5.97 Å². The Morgan fingerprint density at radius 1 is 1.37 bits per heavy atom. The van der Waals surface area contributed by atoms with Crippen LogP contribution in [0, 0.1) is 5.92 Å². The minimum Gasteiger partial charge on any atom is -0.465 e. The Morgan fingerprint density at radius 2 is 2.16 bits per heavy atom. The van der Waals surface area contributed by atoms with E-state index in [1.165, 1.54) is 0 Å². The summed E-state index contributed by atoms with van der Waals surface area (Å²) < 4.78 is 10.6. The number of nitrogens with one attached hydrogen (secondary N) is 1. The molecule has 0 aromatic heterocycles. The van der Waals surface area contributed by atoms with Crippen LogP contribution < -0.4 is 5.32 Å². The molecule has 0 radical (unpaired) electrons. The van der Waals surface area contributed by atoms with Gasteiger partial charge in [0, 0.05) is 25.3 Å². The summed E-state index contributed by atoms with van der Waals surface area (Å²) in [4.78, 5) is 11.8. The second-order valence-electron chi connectivity index (χ2n) is 5.41. The van der Waals surface area contributed by atoms with E-state index in [1.807, 2.05) is 6.08 Å². The van der Waals surface area contributed by atoms with Crippen LogP contribution in [0.3, 0.4) is 0 Å². The number of carbonyl (C=O) groups excluding carboxylic acids is 1. The van der Waals surface area contributed by atoms with Crippen LogP contribution in [0.1, 0.15) is 39.0 Å². The molecule has 1 aliphatic carbocycles. The predicted octanol–water partition coefficient (Wildman–Crippen LogP) is 2.04. The van der Waals surface area contributed by atoms with Gasteiger partial charge in [-0.2, -0.15) is 0 Å². The third kappa shape index (κ3) is 4.62. The molecule has 1 aliphatic heterocycles. The third-order valence-electron chi connectivity index (χ3n) is 3.80. The molecule has 0 aromatic rings. The Kier molecular flexibility index (Phi) is 5.86. The SMILES string of the molecule is CCCCOC(=O)[C@H]1C=C[C@@H](NC2CCOCC2)C1. The minimum absolute atomic E-state index is 0.0609. The Balaban J connectivity index is 1.67. The third-order valence-corrected chi connectivity index (χ3v) is 3.80. The van der Waals surface area contributed by atoms with Crippen molar-refractivity contribution in [3.05, 3.63) is 12.2 Å². The van der Waals surface area contributed by atoms with Crippen LogP contribution in [-0.4, -0.2) is 37.9 Å². The van der Waals surface area contributed by atoms with Crippen molar-refractivity contribution in [2.75, 3.05) is 19.8 Å². The highest BCUT2D eigenvalue weighted by Crippen LogP contribution is 2.21. The van der Waals surface area contributed by atoms with Gasteiger partial charge in [0.05, 0.1) is 12.5 Å². The highest BCUT2D eigenvalue weighted by Gasteiger charge is 2.27. The van der Waals surface area contributed by atoms with Crippen molar-refractivity contribution >= 4 is 5.97 Å². The molecule has 4 nitrogen and oxygen atoms in total. The summed E-state index contributed by atoms with van der Waals surface area (Å²) in [6, 6.07) is 0.838. The standard InChI is InChI=1S/C15H25NO3/c1-2-3-8-19-15(17)12-4-5-14(11-12)16-13-6-9-18-10-7-13/h4-5,12-14,16H,2-3,6-11H2,1H3/t12-,14+/m0/s1. The fraction of sp³-hybridized carbons (Fsp3) is 0.800. The van der Waals surface area contributed by atoms with E-state index in [0.29, 0.717) is 18.7 Å². The van der Waals surface area contributed by atoms with Crippen LogP contribution in [0.2, 0.25) is 0 Å². The summed E-state index contributed by atoms with van der Waals surface area (Å²) in [5.41, 5.74) is 0. The van der Waals surface area contributed by atoms with E-state index in [4.69, 9.17) is 9.47 Å². The summed E-state index contributed by atoms with van der Waals surface area (Å²) in [7, 11) is 0. The van der Waals surface area contributed by atoms with Gasteiger partial charge in [0.2, 0.25) is 0 Å². The lowest BCUT2D eigenvalue weighted by molar-refractivity contribution is -0.147. The first kappa shape index (κ1) is 14.5.